The van der Waals surface area contributed by atoms with Crippen LogP contribution in [0.15, 0.2) is 36.6 Å². The van der Waals surface area contributed by atoms with Crippen LogP contribution in [-0.4, -0.2) is 19.3 Å². The van der Waals surface area contributed by atoms with Gasteiger partial charge < -0.3 is 14.8 Å². The molecule has 0 fully saturated rings. The lowest BCUT2D eigenvalue weighted by molar-refractivity contribution is 0.132. The summed E-state index contributed by atoms with van der Waals surface area (Å²) in [5.41, 5.74) is 2.34. The van der Waals surface area contributed by atoms with Gasteiger partial charge in [-0.25, -0.2) is 0 Å². The van der Waals surface area contributed by atoms with E-state index in [-0.39, 0.29) is 6.10 Å². The van der Waals surface area contributed by atoms with Crippen LogP contribution in [0.4, 0.5) is 5.69 Å². The lowest BCUT2D eigenvalue weighted by Crippen LogP contribution is -2.23. The first-order chi connectivity index (χ1) is 8.90. The van der Waals surface area contributed by atoms with Gasteiger partial charge >= 0.3 is 0 Å². The number of para-hydroxylation sites is 1. The van der Waals surface area contributed by atoms with E-state index in [2.05, 4.69) is 23.5 Å². The van der Waals surface area contributed by atoms with Crippen LogP contribution in [0, 0.1) is 0 Å². The van der Waals surface area contributed by atoms with Gasteiger partial charge in [0.25, 0.3) is 0 Å². The summed E-state index contributed by atoms with van der Waals surface area (Å²) < 4.78 is 11.0. The van der Waals surface area contributed by atoms with Crippen molar-refractivity contribution in [3.05, 3.63) is 42.2 Å². The summed E-state index contributed by atoms with van der Waals surface area (Å²) >= 11 is 0. The lowest BCUT2D eigenvalue weighted by atomic mass is 10.1. The average molecular weight is 247 g/mol. The number of nitrogens with one attached hydrogen (secondary N) is 1. The Morgan fingerprint density at radius 3 is 3.06 bits per heavy atom. The second-order valence-corrected chi connectivity index (χ2v) is 4.38. The van der Waals surface area contributed by atoms with Gasteiger partial charge in [-0.15, -0.1) is 0 Å². The molecule has 0 aromatic heterocycles. The highest BCUT2D eigenvalue weighted by atomic mass is 16.5. The Labute approximate surface area is 109 Å². The van der Waals surface area contributed by atoms with E-state index in [1.54, 1.807) is 0 Å². The van der Waals surface area contributed by atoms with Gasteiger partial charge in [0.1, 0.15) is 6.10 Å². The number of benzene rings is 1. The van der Waals surface area contributed by atoms with Crippen LogP contribution in [0.1, 0.15) is 25.3 Å². The van der Waals surface area contributed by atoms with Crippen molar-refractivity contribution in [2.24, 2.45) is 0 Å². The monoisotopic (exact) mass is 247 g/mol. The fraction of sp³-hybridized carbons (Fsp3) is 0.467. The molecular formula is C15H21NO2. The summed E-state index contributed by atoms with van der Waals surface area (Å²) in [6, 6.07) is 8.27. The minimum Gasteiger partial charge on any atom is -0.497 e. The van der Waals surface area contributed by atoms with Crippen molar-refractivity contribution >= 4 is 5.69 Å². The molecule has 3 heteroatoms. The molecule has 3 nitrogen and oxygen atoms in total. The molecular weight excluding hydrogens is 226 g/mol. The van der Waals surface area contributed by atoms with Crippen LogP contribution >= 0.6 is 0 Å². The topological polar surface area (TPSA) is 30.5 Å². The molecule has 1 aromatic carbocycles. The third-order valence-corrected chi connectivity index (χ3v) is 3.02. The van der Waals surface area contributed by atoms with Crippen molar-refractivity contribution in [1.29, 1.82) is 0 Å². The van der Waals surface area contributed by atoms with Crippen molar-refractivity contribution in [3.63, 3.8) is 0 Å². The SMILES string of the molecule is CCOCc1ccccc1NCC1CCC=CO1. The summed E-state index contributed by atoms with van der Waals surface area (Å²) in [4.78, 5) is 0. The molecule has 0 bridgehead atoms. The van der Waals surface area contributed by atoms with Gasteiger partial charge in [-0.1, -0.05) is 18.2 Å². The zero-order chi connectivity index (χ0) is 12.6. The summed E-state index contributed by atoms with van der Waals surface area (Å²) in [6.07, 6.45) is 6.33. The van der Waals surface area contributed by atoms with Crippen molar-refractivity contribution in [2.75, 3.05) is 18.5 Å². The minimum atomic E-state index is 0.273. The van der Waals surface area contributed by atoms with Gasteiger partial charge in [-0.2, -0.15) is 0 Å². The van der Waals surface area contributed by atoms with E-state index >= 15 is 0 Å². The van der Waals surface area contributed by atoms with Crippen LogP contribution in [-0.2, 0) is 16.1 Å². The molecule has 0 aliphatic carbocycles. The molecule has 1 unspecified atom stereocenters. The van der Waals surface area contributed by atoms with Crippen molar-refractivity contribution < 1.29 is 9.47 Å². The van der Waals surface area contributed by atoms with Gasteiger partial charge in [-0.05, 0) is 31.9 Å². The Hall–Kier alpha value is -1.48. The van der Waals surface area contributed by atoms with Gasteiger partial charge in [0, 0.05) is 17.9 Å². The zero-order valence-corrected chi connectivity index (χ0v) is 10.9. The van der Waals surface area contributed by atoms with Gasteiger partial charge in [0.05, 0.1) is 19.4 Å². The molecule has 1 atom stereocenters. The minimum absolute atomic E-state index is 0.273. The Kier molecular flexibility index (Phi) is 5.09. The molecule has 1 aliphatic heterocycles. The third-order valence-electron chi connectivity index (χ3n) is 3.02. The fourth-order valence-corrected chi connectivity index (χ4v) is 1.99. The van der Waals surface area contributed by atoms with Crippen LogP contribution in [0.5, 0.6) is 0 Å². The Morgan fingerprint density at radius 1 is 1.39 bits per heavy atom. The summed E-state index contributed by atoms with van der Waals surface area (Å²) in [6.45, 7) is 4.25. The maximum absolute atomic E-state index is 5.55. The highest BCUT2D eigenvalue weighted by Gasteiger charge is 2.11. The second-order valence-electron chi connectivity index (χ2n) is 4.38. The number of rotatable bonds is 6. The quantitative estimate of drug-likeness (QED) is 0.836. The first-order valence-corrected chi connectivity index (χ1v) is 6.60. The standard InChI is InChI=1S/C15H21NO2/c1-2-17-12-13-7-3-4-9-15(13)16-11-14-8-5-6-10-18-14/h3-4,6-7,9-10,14,16H,2,5,8,11-12H2,1H3. The predicted octanol–water partition coefficient (Wildman–Crippen LogP) is 3.33. The van der Waals surface area contributed by atoms with E-state index in [1.165, 1.54) is 5.56 Å². The smallest absolute Gasteiger partial charge is 0.115 e. The van der Waals surface area contributed by atoms with E-state index in [0.717, 1.165) is 31.7 Å². The molecule has 0 saturated carbocycles. The first kappa shape index (κ1) is 13.0. The van der Waals surface area contributed by atoms with E-state index < -0.39 is 0 Å². The summed E-state index contributed by atoms with van der Waals surface area (Å²) in [5, 5.41) is 3.45. The lowest BCUT2D eigenvalue weighted by Gasteiger charge is -2.21. The molecule has 0 saturated heterocycles. The van der Waals surface area contributed by atoms with Gasteiger partial charge in [0.2, 0.25) is 0 Å². The average Bonchev–Trinajstić information content (AvgIpc) is 2.45. The van der Waals surface area contributed by atoms with E-state index in [1.807, 2.05) is 25.3 Å². The number of hydrogen-bond acceptors (Lipinski definition) is 3. The highest BCUT2D eigenvalue weighted by Crippen LogP contribution is 2.17. The maximum atomic E-state index is 5.55. The van der Waals surface area contributed by atoms with Crippen molar-refractivity contribution in [3.8, 4) is 0 Å². The molecule has 1 heterocycles. The maximum Gasteiger partial charge on any atom is 0.115 e. The van der Waals surface area contributed by atoms with Crippen molar-refractivity contribution in [1.82, 2.24) is 0 Å². The molecule has 0 radical (unpaired) electrons. The van der Waals surface area contributed by atoms with Gasteiger partial charge in [0.15, 0.2) is 0 Å². The summed E-state index contributed by atoms with van der Waals surface area (Å²) in [5.74, 6) is 0. The number of anilines is 1. The normalized spacial score (nSPS) is 18.4. The summed E-state index contributed by atoms with van der Waals surface area (Å²) in [7, 11) is 0. The van der Waals surface area contributed by atoms with Crippen LogP contribution in [0.2, 0.25) is 0 Å². The molecule has 2 rings (SSSR count). The predicted molar refractivity (Wildman–Crippen MR) is 73.5 cm³/mol. The fourth-order valence-electron chi connectivity index (χ4n) is 1.99. The molecule has 18 heavy (non-hydrogen) atoms. The van der Waals surface area contributed by atoms with Gasteiger partial charge in [-0.3, -0.25) is 0 Å². The van der Waals surface area contributed by atoms with Crippen LogP contribution in [0.25, 0.3) is 0 Å². The zero-order valence-electron chi connectivity index (χ0n) is 10.9. The first-order valence-electron chi connectivity index (χ1n) is 6.60. The molecule has 0 amide bonds. The molecule has 1 N–H and O–H groups in total. The molecule has 1 aliphatic rings. The Balaban J connectivity index is 1.89. The Morgan fingerprint density at radius 2 is 2.28 bits per heavy atom. The number of ether oxygens (including phenoxy) is 2. The van der Waals surface area contributed by atoms with E-state index in [4.69, 9.17) is 9.47 Å². The van der Waals surface area contributed by atoms with Crippen molar-refractivity contribution in [2.45, 2.75) is 32.5 Å². The number of hydrogen-bond donors (Lipinski definition) is 1. The Bertz CT molecular complexity index is 390. The van der Waals surface area contributed by atoms with Crippen LogP contribution in [0.3, 0.4) is 0 Å². The van der Waals surface area contributed by atoms with E-state index in [0.29, 0.717) is 6.61 Å². The highest BCUT2D eigenvalue weighted by molar-refractivity contribution is 5.50. The van der Waals surface area contributed by atoms with Crippen LogP contribution < -0.4 is 5.32 Å². The third kappa shape index (κ3) is 3.77. The molecule has 1 aromatic rings. The molecule has 0 spiro atoms. The number of allylic oxidation sites excluding steroid dienone is 1. The largest absolute Gasteiger partial charge is 0.497 e. The van der Waals surface area contributed by atoms with E-state index in [9.17, 15) is 0 Å². The second kappa shape index (κ2) is 7.07. The molecule has 98 valence electrons.